The Morgan fingerprint density at radius 2 is 2.05 bits per heavy atom. The Hall–Kier alpha value is -2.15. The normalized spacial score (nSPS) is 10.4. The Morgan fingerprint density at radius 3 is 2.71 bits per heavy atom. The van der Waals surface area contributed by atoms with Crippen molar-refractivity contribution in [3.05, 3.63) is 45.5 Å². The van der Waals surface area contributed by atoms with Crippen molar-refractivity contribution in [2.24, 2.45) is 0 Å². The number of aromatic nitrogens is 1. The molecule has 0 saturated carbocycles. The number of thiazole rings is 1. The van der Waals surface area contributed by atoms with Gasteiger partial charge >= 0.3 is 0 Å². The summed E-state index contributed by atoms with van der Waals surface area (Å²) in [5, 5.41) is 15.0. The molecule has 0 aliphatic heterocycles. The van der Waals surface area contributed by atoms with Crippen LogP contribution in [-0.4, -0.2) is 23.0 Å². The fraction of sp³-hybridized carbons (Fsp3) is 0.357. The zero-order valence-electron chi connectivity index (χ0n) is 12.1. The van der Waals surface area contributed by atoms with Crippen molar-refractivity contribution in [1.29, 1.82) is 0 Å². The highest BCUT2D eigenvalue weighted by atomic mass is 32.1. The summed E-state index contributed by atoms with van der Waals surface area (Å²) in [5.41, 5.74) is 0.617. The van der Waals surface area contributed by atoms with Crippen molar-refractivity contribution in [2.45, 2.75) is 20.4 Å². The van der Waals surface area contributed by atoms with Crippen molar-refractivity contribution in [3.63, 3.8) is 0 Å². The molecule has 6 nitrogen and oxygen atoms in total. The summed E-state index contributed by atoms with van der Waals surface area (Å²) in [4.78, 5) is 18.2. The van der Waals surface area contributed by atoms with E-state index in [1.54, 1.807) is 29.5 Å². The lowest BCUT2D eigenvalue weighted by atomic mass is 10.2. The number of rotatable bonds is 7. The molecule has 1 aromatic heterocycles. The number of nitrogens with one attached hydrogen (secondary N) is 1. The molecule has 0 aliphatic rings. The van der Waals surface area contributed by atoms with Gasteiger partial charge in [0.15, 0.2) is 5.13 Å². The summed E-state index contributed by atoms with van der Waals surface area (Å²) in [6.45, 7) is 6.55. The predicted octanol–water partition coefficient (Wildman–Crippen LogP) is 3.51. The number of nitrogens with zero attached hydrogens (tertiary/aromatic N) is 3. The van der Waals surface area contributed by atoms with E-state index in [-0.39, 0.29) is 10.6 Å². The number of anilines is 2. The molecule has 1 N–H and O–H groups in total. The Labute approximate surface area is 127 Å². The lowest BCUT2D eigenvalue weighted by Gasteiger charge is -2.16. The second-order valence-electron chi connectivity index (χ2n) is 4.41. The van der Waals surface area contributed by atoms with Crippen LogP contribution in [0.5, 0.6) is 0 Å². The second kappa shape index (κ2) is 7.03. The van der Waals surface area contributed by atoms with Crippen LogP contribution in [0.4, 0.5) is 16.5 Å². The predicted molar refractivity (Wildman–Crippen MR) is 86.1 cm³/mol. The minimum Gasteiger partial charge on any atom is -0.375 e. The summed E-state index contributed by atoms with van der Waals surface area (Å²) in [7, 11) is 0. The van der Waals surface area contributed by atoms with Crippen LogP contribution in [0.2, 0.25) is 0 Å². The van der Waals surface area contributed by atoms with Gasteiger partial charge in [0.05, 0.1) is 11.5 Å². The van der Waals surface area contributed by atoms with Crippen LogP contribution in [0.25, 0.3) is 0 Å². The lowest BCUT2D eigenvalue weighted by Crippen LogP contribution is -2.21. The topological polar surface area (TPSA) is 71.3 Å². The summed E-state index contributed by atoms with van der Waals surface area (Å²) < 4.78 is 0. The number of nitro benzene ring substituents is 1. The SMILES string of the molecule is CCN(CC)c1ncc(CNc2ccccc2[N+](=O)[O-])s1. The van der Waals surface area contributed by atoms with Crippen LogP contribution in [0.3, 0.4) is 0 Å². The number of benzene rings is 1. The van der Waals surface area contributed by atoms with E-state index in [1.807, 2.05) is 6.20 Å². The van der Waals surface area contributed by atoms with Crippen molar-refractivity contribution in [1.82, 2.24) is 4.98 Å². The monoisotopic (exact) mass is 306 g/mol. The molecule has 21 heavy (non-hydrogen) atoms. The van der Waals surface area contributed by atoms with E-state index in [0.717, 1.165) is 23.1 Å². The Bertz CT molecular complexity index is 611. The molecule has 0 fully saturated rings. The molecular weight excluding hydrogens is 288 g/mol. The van der Waals surface area contributed by atoms with Gasteiger partial charge in [0, 0.05) is 30.2 Å². The molecule has 0 aliphatic carbocycles. The Kier molecular flexibility index (Phi) is 5.10. The molecule has 7 heteroatoms. The molecule has 112 valence electrons. The van der Waals surface area contributed by atoms with Gasteiger partial charge in [-0.05, 0) is 19.9 Å². The van der Waals surface area contributed by atoms with Crippen molar-refractivity contribution < 1.29 is 4.92 Å². The van der Waals surface area contributed by atoms with E-state index in [4.69, 9.17) is 0 Å². The Balaban J connectivity index is 2.05. The standard InChI is InChI=1S/C14H18N4O2S/c1-3-17(4-2)14-16-10-11(21-14)9-15-12-7-5-6-8-13(12)18(19)20/h5-8,10,15H,3-4,9H2,1-2H3. The average molecular weight is 306 g/mol. The molecule has 1 aromatic carbocycles. The molecule has 0 unspecified atom stereocenters. The maximum atomic E-state index is 11.0. The van der Waals surface area contributed by atoms with Crippen LogP contribution < -0.4 is 10.2 Å². The highest BCUT2D eigenvalue weighted by molar-refractivity contribution is 7.15. The van der Waals surface area contributed by atoms with Crippen LogP contribution in [0.15, 0.2) is 30.5 Å². The second-order valence-corrected chi connectivity index (χ2v) is 5.50. The van der Waals surface area contributed by atoms with Crippen molar-refractivity contribution in [2.75, 3.05) is 23.3 Å². The maximum Gasteiger partial charge on any atom is 0.292 e. The van der Waals surface area contributed by atoms with Crippen LogP contribution in [-0.2, 0) is 6.54 Å². The molecule has 0 saturated heterocycles. The zero-order valence-corrected chi connectivity index (χ0v) is 12.9. The van der Waals surface area contributed by atoms with Crippen molar-refractivity contribution in [3.8, 4) is 0 Å². The molecule has 0 spiro atoms. The first-order valence-electron chi connectivity index (χ1n) is 6.82. The van der Waals surface area contributed by atoms with Gasteiger partial charge in [0.25, 0.3) is 5.69 Å². The van der Waals surface area contributed by atoms with Crippen LogP contribution in [0, 0.1) is 10.1 Å². The molecule has 0 radical (unpaired) electrons. The van der Waals surface area contributed by atoms with E-state index in [9.17, 15) is 10.1 Å². The van der Waals surface area contributed by atoms with Gasteiger partial charge in [0.1, 0.15) is 5.69 Å². The Morgan fingerprint density at radius 1 is 1.33 bits per heavy atom. The molecule has 2 aromatic rings. The third-order valence-electron chi connectivity index (χ3n) is 3.13. The van der Waals surface area contributed by atoms with Crippen LogP contribution in [0.1, 0.15) is 18.7 Å². The molecule has 0 amide bonds. The van der Waals surface area contributed by atoms with E-state index >= 15 is 0 Å². The summed E-state index contributed by atoms with van der Waals surface area (Å²) in [6, 6.07) is 6.65. The quantitative estimate of drug-likeness (QED) is 0.626. The van der Waals surface area contributed by atoms with E-state index in [0.29, 0.717) is 12.2 Å². The summed E-state index contributed by atoms with van der Waals surface area (Å²) >= 11 is 1.61. The highest BCUT2D eigenvalue weighted by Gasteiger charge is 2.13. The largest absolute Gasteiger partial charge is 0.375 e. The van der Waals surface area contributed by atoms with Gasteiger partial charge in [-0.25, -0.2) is 4.98 Å². The fourth-order valence-electron chi connectivity index (χ4n) is 1.98. The van der Waals surface area contributed by atoms with Gasteiger partial charge in [0.2, 0.25) is 0 Å². The molecular formula is C14H18N4O2S. The molecule has 1 heterocycles. The molecule has 2 rings (SSSR count). The number of nitro groups is 1. The average Bonchev–Trinajstić information content (AvgIpc) is 2.95. The van der Waals surface area contributed by atoms with Gasteiger partial charge < -0.3 is 10.2 Å². The highest BCUT2D eigenvalue weighted by Crippen LogP contribution is 2.26. The van der Waals surface area contributed by atoms with Gasteiger partial charge in [-0.3, -0.25) is 10.1 Å². The van der Waals surface area contributed by atoms with E-state index < -0.39 is 0 Å². The van der Waals surface area contributed by atoms with Crippen molar-refractivity contribution >= 4 is 27.8 Å². The number of para-hydroxylation sites is 2. The third-order valence-corrected chi connectivity index (χ3v) is 4.19. The fourth-order valence-corrected chi connectivity index (χ4v) is 2.96. The minimum absolute atomic E-state index is 0.0889. The first kappa shape index (κ1) is 15.2. The number of hydrogen-bond donors (Lipinski definition) is 1. The maximum absolute atomic E-state index is 11.0. The first-order valence-corrected chi connectivity index (χ1v) is 7.64. The first-order chi connectivity index (χ1) is 10.2. The summed E-state index contributed by atoms with van der Waals surface area (Å²) in [6.07, 6.45) is 1.82. The zero-order chi connectivity index (χ0) is 15.2. The van der Waals surface area contributed by atoms with Gasteiger partial charge in [-0.2, -0.15) is 0 Å². The smallest absolute Gasteiger partial charge is 0.292 e. The van der Waals surface area contributed by atoms with E-state index in [1.165, 1.54) is 6.07 Å². The van der Waals surface area contributed by atoms with Gasteiger partial charge in [-0.1, -0.05) is 12.1 Å². The number of hydrogen-bond acceptors (Lipinski definition) is 6. The minimum atomic E-state index is -0.379. The third kappa shape index (κ3) is 3.69. The van der Waals surface area contributed by atoms with Crippen LogP contribution >= 0.6 is 11.3 Å². The molecule has 0 atom stereocenters. The summed E-state index contributed by atoms with van der Waals surface area (Å²) in [5.74, 6) is 0. The lowest BCUT2D eigenvalue weighted by molar-refractivity contribution is -0.384. The van der Waals surface area contributed by atoms with Gasteiger partial charge in [-0.15, -0.1) is 11.3 Å². The molecule has 0 bridgehead atoms. The van der Waals surface area contributed by atoms with E-state index in [2.05, 4.69) is 29.0 Å².